The van der Waals surface area contributed by atoms with Gasteiger partial charge in [0.2, 0.25) is 0 Å². The van der Waals surface area contributed by atoms with E-state index in [4.69, 9.17) is 10.9 Å². The van der Waals surface area contributed by atoms with Crippen LogP contribution in [-0.4, -0.2) is 50.7 Å². The van der Waals surface area contributed by atoms with Crippen LogP contribution in [0, 0.1) is 0 Å². The van der Waals surface area contributed by atoms with Crippen molar-refractivity contribution in [3.63, 3.8) is 0 Å². The van der Waals surface area contributed by atoms with Crippen molar-refractivity contribution < 1.29 is 28.0 Å². The first-order valence-electron chi connectivity index (χ1n) is 9.75. The molecule has 0 unspecified atom stereocenters. The highest BCUT2D eigenvalue weighted by Gasteiger charge is 2.39. The van der Waals surface area contributed by atoms with Crippen LogP contribution < -0.4 is 16.4 Å². The number of oxime groups is 1. The Labute approximate surface area is 185 Å². The van der Waals surface area contributed by atoms with Gasteiger partial charge in [0.15, 0.2) is 11.5 Å². The number of aromatic nitrogens is 3. The molecule has 0 atom stereocenters. The van der Waals surface area contributed by atoms with Crippen molar-refractivity contribution in [1.29, 1.82) is 0 Å². The third kappa shape index (κ3) is 5.75. The lowest BCUT2D eigenvalue weighted by molar-refractivity contribution is -0.141. The molecule has 5 N–H and O–H groups in total. The van der Waals surface area contributed by atoms with Crippen LogP contribution in [0.2, 0.25) is 0 Å². The minimum atomic E-state index is -4.81. The Balaban J connectivity index is 1.59. The summed E-state index contributed by atoms with van der Waals surface area (Å²) in [6.07, 6.45) is 4.05. The minimum Gasteiger partial charge on any atom is -0.409 e. The van der Waals surface area contributed by atoms with Gasteiger partial charge in [-0.2, -0.15) is 18.3 Å². The van der Waals surface area contributed by atoms with E-state index in [2.05, 4.69) is 25.9 Å². The fourth-order valence-electron chi connectivity index (χ4n) is 2.93. The number of halogens is 3. The average molecular weight is 463 g/mol. The number of amidine groups is 1. The molecule has 0 saturated carbocycles. The Bertz CT molecular complexity index is 1120. The van der Waals surface area contributed by atoms with E-state index in [9.17, 15) is 22.8 Å². The van der Waals surface area contributed by atoms with E-state index in [0.717, 1.165) is 17.3 Å². The van der Waals surface area contributed by atoms with Gasteiger partial charge in [-0.25, -0.2) is 4.68 Å². The van der Waals surface area contributed by atoms with Gasteiger partial charge >= 0.3 is 6.18 Å². The molecule has 10 nitrogen and oxygen atoms in total. The van der Waals surface area contributed by atoms with Gasteiger partial charge in [-0.3, -0.25) is 14.6 Å². The largest absolute Gasteiger partial charge is 0.435 e. The summed E-state index contributed by atoms with van der Waals surface area (Å²) in [6.45, 7) is -0.165. The van der Waals surface area contributed by atoms with Crippen LogP contribution >= 0.6 is 0 Å². The second-order valence-corrected chi connectivity index (χ2v) is 6.87. The molecule has 0 bridgehead atoms. The molecule has 3 rings (SSSR count). The number of allylic oxidation sites excluding steroid dienone is 4. The maximum absolute atomic E-state index is 13.4. The minimum absolute atomic E-state index is 0.0457. The molecule has 1 aliphatic carbocycles. The quantitative estimate of drug-likeness (QED) is 0.162. The van der Waals surface area contributed by atoms with Crippen LogP contribution in [0.3, 0.4) is 0 Å². The zero-order valence-electron chi connectivity index (χ0n) is 17.1. The highest BCUT2D eigenvalue weighted by atomic mass is 19.4. The predicted molar refractivity (Wildman–Crippen MR) is 111 cm³/mol. The topological polar surface area (TPSA) is 148 Å². The molecule has 0 fully saturated rings. The highest BCUT2D eigenvalue weighted by Crippen LogP contribution is 2.31. The molecule has 0 spiro atoms. The molecule has 2 aromatic heterocycles. The third-order valence-corrected chi connectivity index (χ3v) is 4.56. The molecule has 0 saturated heterocycles. The SMILES string of the molecule is N/C(=N\O)c1ccc(C(=O)NCCNC(=O)c2cn(C3=CCCC=C3)nc2C(F)(F)F)cn1. The zero-order chi connectivity index (χ0) is 24.0. The number of carbonyl (C=O) groups excluding carboxylic acids is 2. The Morgan fingerprint density at radius 2 is 1.91 bits per heavy atom. The van der Waals surface area contributed by atoms with Gasteiger partial charge in [-0.1, -0.05) is 17.3 Å². The summed E-state index contributed by atoms with van der Waals surface area (Å²) in [6, 6.07) is 2.77. The zero-order valence-corrected chi connectivity index (χ0v) is 17.1. The number of amides is 2. The number of pyridine rings is 1. The maximum Gasteiger partial charge on any atom is 0.435 e. The van der Waals surface area contributed by atoms with Crippen molar-refractivity contribution in [3.8, 4) is 0 Å². The number of nitrogens with two attached hydrogens (primary N) is 1. The fourth-order valence-corrected chi connectivity index (χ4v) is 2.93. The van der Waals surface area contributed by atoms with Crippen LogP contribution in [0.25, 0.3) is 5.70 Å². The van der Waals surface area contributed by atoms with Crippen molar-refractivity contribution in [2.45, 2.75) is 19.0 Å². The lowest BCUT2D eigenvalue weighted by Crippen LogP contribution is -2.35. The van der Waals surface area contributed by atoms with E-state index in [1.807, 2.05) is 6.08 Å². The monoisotopic (exact) mass is 463 g/mol. The lowest BCUT2D eigenvalue weighted by Gasteiger charge is -2.08. The summed E-state index contributed by atoms with van der Waals surface area (Å²) < 4.78 is 41.2. The number of carbonyl (C=O) groups is 2. The molecule has 2 aromatic rings. The van der Waals surface area contributed by atoms with Crippen molar-refractivity contribution in [2.24, 2.45) is 10.9 Å². The van der Waals surface area contributed by atoms with E-state index in [0.29, 0.717) is 12.1 Å². The second kappa shape index (κ2) is 9.97. The molecule has 2 amide bonds. The van der Waals surface area contributed by atoms with Crippen molar-refractivity contribution >= 4 is 23.3 Å². The molecule has 13 heteroatoms. The Morgan fingerprint density at radius 3 is 2.48 bits per heavy atom. The lowest BCUT2D eigenvalue weighted by atomic mass is 10.1. The Morgan fingerprint density at radius 1 is 1.18 bits per heavy atom. The average Bonchev–Trinajstić information content (AvgIpc) is 3.28. The summed E-state index contributed by atoms with van der Waals surface area (Å²) >= 11 is 0. The second-order valence-electron chi connectivity index (χ2n) is 6.87. The number of alkyl halides is 3. The Kier molecular flexibility index (Phi) is 7.10. The van der Waals surface area contributed by atoms with E-state index in [1.165, 1.54) is 18.3 Å². The standard InChI is InChI=1S/C20H20F3N7O3/c21-20(22,23)16-14(11-30(28-16)13-4-2-1-3-5-13)19(32)26-9-8-25-18(31)12-6-7-15(27-10-12)17(24)29-33/h2,4-7,10-11,33H,1,3,8-9H2,(H2,24,29)(H,25,31)(H,26,32). The van der Waals surface area contributed by atoms with E-state index in [-0.39, 0.29) is 30.2 Å². The van der Waals surface area contributed by atoms with Gasteiger partial charge in [0.25, 0.3) is 11.8 Å². The first-order chi connectivity index (χ1) is 15.7. The molecule has 0 aliphatic heterocycles. The molecular weight excluding hydrogens is 443 g/mol. The van der Waals surface area contributed by atoms with Crippen molar-refractivity contribution in [2.75, 3.05) is 13.1 Å². The van der Waals surface area contributed by atoms with Gasteiger partial charge in [-0.15, -0.1) is 0 Å². The van der Waals surface area contributed by atoms with Gasteiger partial charge in [-0.05, 0) is 31.1 Å². The molecule has 174 valence electrons. The first kappa shape index (κ1) is 23.5. The number of rotatable bonds is 7. The fraction of sp³-hybridized carbons (Fsp3) is 0.250. The highest BCUT2D eigenvalue weighted by molar-refractivity contribution is 5.98. The van der Waals surface area contributed by atoms with Crippen LogP contribution in [0.5, 0.6) is 0 Å². The van der Waals surface area contributed by atoms with Gasteiger partial charge in [0.05, 0.1) is 16.8 Å². The van der Waals surface area contributed by atoms with Crippen LogP contribution in [0.4, 0.5) is 13.2 Å². The smallest absolute Gasteiger partial charge is 0.409 e. The summed E-state index contributed by atoms with van der Waals surface area (Å²) in [4.78, 5) is 28.4. The van der Waals surface area contributed by atoms with Crippen LogP contribution in [0.1, 0.15) is 44.9 Å². The number of hydrogen-bond acceptors (Lipinski definition) is 6. The predicted octanol–water partition coefficient (Wildman–Crippen LogP) is 1.74. The molecule has 0 radical (unpaired) electrons. The first-order valence-corrected chi connectivity index (χ1v) is 9.75. The van der Waals surface area contributed by atoms with E-state index in [1.54, 1.807) is 12.2 Å². The summed E-state index contributed by atoms with van der Waals surface area (Å²) in [5.74, 6) is -1.71. The van der Waals surface area contributed by atoms with E-state index < -0.39 is 29.2 Å². The van der Waals surface area contributed by atoms with Crippen molar-refractivity contribution in [3.05, 3.63) is 65.3 Å². The maximum atomic E-state index is 13.4. The molecule has 0 aromatic carbocycles. The van der Waals surface area contributed by atoms with Crippen LogP contribution in [-0.2, 0) is 6.18 Å². The number of nitrogens with one attached hydrogen (secondary N) is 2. The molecule has 33 heavy (non-hydrogen) atoms. The van der Waals surface area contributed by atoms with Gasteiger partial charge in [0, 0.05) is 25.5 Å². The molecular formula is C20H20F3N7O3. The molecule has 1 aliphatic rings. The number of nitrogens with zero attached hydrogens (tertiary/aromatic N) is 4. The van der Waals surface area contributed by atoms with Crippen molar-refractivity contribution in [1.82, 2.24) is 25.4 Å². The summed E-state index contributed by atoms with van der Waals surface area (Å²) in [5, 5.41) is 19.8. The third-order valence-electron chi connectivity index (χ3n) is 4.56. The van der Waals surface area contributed by atoms with Gasteiger partial charge < -0.3 is 21.6 Å². The normalized spacial score (nSPS) is 14.0. The van der Waals surface area contributed by atoms with Crippen LogP contribution in [0.15, 0.2) is 47.9 Å². The number of hydrogen-bond donors (Lipinski definition) is 4. The summed E-state index contributed by atoms with van der Waals surface area (Å²) in [5.41, 5.74) is 4.27. The van der Waals surface area contributed by atoms with Gasteiger partial charge in [0.1, 0.15) is 5.69 Å². The van der Waals surface area contributed by atoms with E-state index >= 15 is 0 Å². The Hall–Kier alpha value is -4.16. The molecule has 2 heterocycles. The summed E-state index contributed by atoms with van der Waals surface area (Å²) in [7, 11) is 0.